The number of rotatable bonds is 3. The molecule has 2 nitrogen and oxygen atoms in total. The van der Waals surface area contributed by atoms with E-state index in [2.05, 4.69) is 60.6 Å². The first-order valence-corrected chi connectivity index (χ1v) is 6.46. The van der Waals surface area contributed by atoms with Crippen LogP contribution in [0.1, 0.15) is 16.7 Å². The first kappa shape index (κ1) is 11.7. The SMILES string of the molecule is Cc1cccc(Cc2cccc(-n3cccn3)c2)c1. The molecule has 0 aliphatic heterocycles. The van der Waals surface area contributed by atoms with Gasteiger partial charge >= 0.3 is 0 Å². The molecular weight excluding hydrogens is 232 g/mol. The van der Waals surface area contributed by atoms with Crippen molar-refractivity contribution in [3.05, 3.63) is 83.7 Å². The Hall–Kier alpha value is -2.35. The second-order valence-electron chi connectivity index (χ2n) is 4.79. The van der Waals surface area contributed by atoms with Crippen molar-refractivity contribution in [2.24, 2.45) is 0 Å². The van der Waals surface area contributed by atoms with Gasteiger partial charge in [-0.3, -0.25) is 0 Å². The highest BCUT2D eigenvalue weighted by molar-refractivity contribution is 5.38. The zero-order chi connectivity index (χ0) is 13.1. The largest absolute Gasteiger partial charge is 0.241 e. The summed E-state index contributed by atoms with van der Waals surface area (Å²) in [7, 11) is 0. The molecule has 2 aromatic carbocycles. The van der Waals surface area contributed by atoms with Crippen LogP contribution in [0.5, 0.6) is 0 Å². The van der Waals surface area contributed by atoms with Gasteiger partial charge in [0.15, 0.2) is 0 Å². The first-order chi connectivity index (χ1) is 9.31. The molecule has 0 saturated carbocycles. The quantitative estimate of drug-likeness (QED) is 0.690. The van der Waals surface area contributed by atoms with E-state index in [1.54, 1.807) is 6.20 Å². The Bertz CT molecular complexity index is 669. The summed E-state index contributed by atoms with van der Waals surface area (Å²) in [6.45, 7) is 2.13. The molecule has 0 unspecified atom stereocenters. The molecule has 3 rings (SSSR count). The van der Waals surface area contributed by atoms with E-state index in [-0.39, 0.29) is 0 Å². The van der Waals surface area contributed by atoms with Crippen molar-refractivity contribution >= 4 is 0 Å². The molecule has 19 heavy (non-hydrogen) atoms. The van der Waals surface area contributed by atoms with Crippen molar-refractivity contribution in [3.63, 3.8) is 0 Å². The molecule has 0 amide bonds. The molecule has 2 heteroatoms. The fraction of sp³-hybridized carbons (Fsp3) is 0.118. The zero-order valence-corrected chi connectivity index (χ0v) is 11.0. The standard InChI is InChI=1S/C17H16N2/c1-14-5-2-6-15(11-14)12-16-7-3-8-17(13-16)19-10-4-9-18-19/h2-11,13H,12H2,1H3. The van der Waals surface area contributed by atoms with Gasteiger partial charge in [-0.2, -0.15) is 5.10 Å². The summed E-state index contributed by atoms with van der Waals surface area (Å²) in [6.07, 6.45) is 4.72. The van der Waals surface area contributed by atoms with Gasteiger partial charge in [0, 0.05) is 12.4 Å². The molecule has 0 spiro atoms. The van der Waals surface area contributed by atoms with Crippen LogP contribution in [0, 0.1) is 6.92 Å². The average molecular weight is 248 g/mol. The summed E-state index contributed by atoms with van der Waals surface area (Å²) >= 11 is 0. The van der Waals surface area contributed by atoms with Crippen molar-refractivity contribution < 1.29 is 0 Å². The third-order valence-electron chi connectivity index (χ3n) is 3.17. The van der Waals surface area contributed by atoms with Crippen LogP contribution in [-0.2, 0) is 6.42 Å². The lowest BCUT2D eigenvalue weighted by atomic mass is 10.0. The van der Waals surface area contributed by atoms with E-state index in [1.807, 2.05) is 16.9 Å². The summed E-state index contributed by atoms with van der Waals surface area (Å²) in [5.74, 6) is 0. The fourth-order valence-electron chi connectivity index (χ4n) is 2.29. The van der Waals surface area contributed by atoms with Crippen LogP contribution in [-0.4, -0.2) is 9.78 Å². The monoisotopic (exact) mass is 248 g/mol. The summed E-state index contributed by atoms with van der Waals surface area (Å²) in [6, 6.07) is 19.1. The highest BCUT2D eigenvalue weighted by Crippen LogP contribution is 2.14. The lowest BCUT2D eigenvalue weighted by Gasteiger charge is -2.06. The molecule has 0 saturated heterocycles. The summed E-state index contributed by atoms with van der Waals surface area (Å²) in [5.41, 5.74) is 5.06. The molecule has 0 aliphatic rings. The van der Waals surface area contributed by atoms with Crippen molar-refractivity contribution in [2.75, 3.05) is 0 Å². The maximum Gasteiger partial charge on any atom is 0.0648 e. The van der Waals surface area contributed by atoms with E-state index in [4.69, 9.17) is 0 Å². The van der Waals surface area contributed by atoms with E-state index in [1.165, 1.54) is 16.7 Å². The predicted molar refractivity (Wildman–Crippen MR) is 77.5 cm³/mol. The lowest BCUT2D eigenvalue weighted by Crippen LogP contribution is -1.96. The van der Waals surface area contributed by atoms with E-state index in [9.17, 15) is 0 Å². The highest BCUT2D eigenvalue weighted by atomic mass is 15.3. The summed E-state index contributed by atoms with van der Waals surface area (Å²) < 4.78 is 1.89. The topological polar surface area (TPSA) is 17.8 Å². The molecule has 0 fully saturated rings. The molecule has 1 aromatic heterocycles. The Morgan fingerprint density at radius 3 is 2.47 bits per heavy atom. The van der Waals surface area contributed by atoms with Gasteiger partial charge in [-0.25, -0.2) is 4.68 Å². The number of nitrogens with zero attached hydrogens (tertiary/aromatic N) is 2. The van der Waals surface area contributed by atoms with Crippen LogP contribution in [0.2, 0.25) is 0 Å². The maximum absolute atomic E-state index is 4.27. The second-order valence-corrected chi connectivity index (χ2v) is 4.79. The zero-order valence-electron chi connectivity index (χ0n) is 11.0. The van der Waals surface area contributed by atoms with Gasteiger partial charge in [0.1, 0.15) is 0 Å². The van der Waals surface area contributed by atoms with E-state index in [0.717, 1.165) is 12.1 Å². The third kappa shape index (κ3) is 2.74. The lowest BCUT2D eigenvalue weighted by molar-refractivity contribution is 0.878. The second kappa shape index (κ2) is 5.11. The third-order valence-corrected chi connectivity index (χ3v) is 3.17. The van der Waals surface area contributed by atoms with Crippen molar-refractivity contribution in [3.8, 4) is 5.69 Å². The van der Waals surface area contributed by atoms with Crippen molar-refractivity contribution in [1.29, 1.82) is 0 Å². The molecule has 0 aliphatic carbocycles. The molecule has 0 radical (unpaired) electrons. The number of aromatic nitrogens is 2. The molecule has 0 bridgehead atoms. The smallest absolute Gasteiger partial charge is 0.0648 e. The molecule has 1 heterocycles. The Kier molecular flexibility index (Phi) is 3.15. The normalized spacial score (nSPS) is 10.6. The van der Waals surface area contributed by atoms with Crippen molar-refractivity contribution in [2.45, 2.75) is 13.3 Å². The predicted octanol–water partition coefficient (Wildman–Crippen LogP) is 3.77. The minimum Gasteiger partial charge on any atom is -0.241 e. The first-order valence-electron chi connectivity index (χ1n) is 6.46. The van der Waals surface area contributed by atoms with Crippen LogP contribution in [0.3, 0.4) is 0 Å². The molecule has 94 valence electrons. The highest BCUT2D eigenvalue weighted by Gasteiger charge is 2.00. The van der Waals surface area contributed by atoms with Crippen LogP contribution in [0.15, 0.2) is 67.0 Å². The summed E-state index contributed by atoms with van der Waals surface area (Å²) in [4.78, 5) is 0. The van der Waals surface area contributed by atoms with Gasteiger partial charge in [-0.05, 0) is 42.7 Å². The van der Waals surface area contributed by atoms with Gasteiger partial charge in [0.25, 0.3) is 0 Å². The fourth-order valence-corrected chi connectivity index (χ4v) is 2.29. The minimum atomic E-state index is 0.955. The Balaban J connectivity index is 1.88. The van der Waals surface area contributed by atoms with Crippen LogP contribution in [0.4, 0.5) is 0 Å². The molecule has 3 aromatic rings. The Morgan fingerprint density at radius 2 is 1.74 bits per heavy atom. The number of hydrogen-bond donors (Lipinski definition) is 0. The Morgan fingerprint density at radius 1 is 0.947 bits per heavy atom. The van der Waals surface area contributed by atoms with Gasteiger partial charge in [-0.1, -0.05) is 42.0 Å². The average Bonchev–Trinajstić information content (AvgIpc) is 2.93. The summed E-state index contributed by atoms with van der Waals surface area (Å²) in [5, 5.41) is 4.27. The van der Waals surface area contributed by atoms with Crippen molar-refractivity contribution in [1.82, 2.24) is 9.78 Å². The molecule has 0 N–H and O–H groups in total. The van der Waals surface area contributed by atoms with E-state index < -0.39 is 0 Å². The molecular formula is C17H16N2. The minimum absolute atomic E-state index is 0.955. The van der Waals surface area contributed by atoms with Gasteiger partial charge in [0.05, 0.1) is 5.69 Å². The van der Waals surface area contributed by atoms with Gasteiger partial charge in [0.2, 0.25) is 0 Å². The van der Waals surface area contributed by atoms with Gasteiger partial charge < -0.3 is 0 Å². The maximum atomic E-state index is 4.27. The van der Waals surface area contributed by atoms with E-state index in [0.29, 0.717) is 0 Å². The molecule has 0 atom stereocenters. The van der Waals surface area contributed by atoms with Crippen LogP contribution >= 0.6 is 0 Å². The Labute approximate surface area is 113 Å². The van der Waals surface area contributed by atoms with Crippen LogP contribution < -0.4 is 0 Å². The number of hydrogen-bond acceptors (Lipinski definition) is 1. The number of benzene rings is 2. The van der Waals surface area contributed by atoms with Crippen LogP contribution in [0.25, 0.3) is 5.69 Å². The van der Waals surface area contributed by atoms with E-state index >= 15 is 0 Å². The van der Waals surface area contributed by atoms with Gasteiger partial charge in [-0.15, -0.1) is 0 Å². The number of aryl methyl sites for hydroxylation is 1.